The van der Waals surface area contributed by atoms with Crippen LogP contribution in [0.25, 0.3) is 21.9 Å². The molecular weight excluding hydrogens is 312 g/mol. The van der Waals surface area contributed by atoms with E-state index in [4.69, 9.17) is 10.7 Å². The molecule has 4 aromatic rings. The Bertz CT molecular complexity index is 1160. The van der Waals surface area contributed by atoms with Crippen molar-refractivity contribution in [1.29, 1.82) is 0 Å². The maximum absolute atomic E-state index is 6.08. The second-order valence-corrected chi connectivity index (χ2v) is 6.38. The molecule has 124 valence electrons. The Morgan fingerprint density at radius 2 is 1.76 bits per heavy atom. The van der Waals surface area contributed by atoms with Gasteiger partial charge in [0.1, 0.15) is 0 Å². The Morgan fingerprint density at radius 3 is 2.60 bits per heavy atom. The van der Waals surface area contributed by atoms with Gasteiger partial charge in [0.15, 0.2) is 12.1 Å². The molecule has 0 saturated carbocycles. The minimum atomic E-state index is -0.241. The normalized spacial score (nSPS) is 16.7. The number of aliphatic imine (C=N–C) groups is 1. The van der Waals surface area contributed by atoms with Crippen molar-refractivity contribution in [3.05, 3.63) is 59.8 Å². The van der Waals surface area contributed by atoms with Crippen LogP contribution in [-0.4, -0.2) is 20.1 Å². The quantitative estimate of drug-likeness (QED) is 0.563. The first kappa shape index (κ1) is 14.1. The molecule has 0 bridgehead atoms. The number of anilines is 1. The van der Waals surface area contributed by atoms with Gasteiger partial charge in [-0.25, -0.2) is 9.98 Å². The number of nitrogens with two attached hydrogens (primary N) is 1. The van der Waals surface area contributed by atoms with Gasteiger partial charge in [0.25, 0.3) is 0 Å². The van der Waals surface area contributed by atoms with E-state index in [9.17, 15) is 0 Å². The van der Waals surface area contributed by atoms with Gasteiger partial charge in [-0.05, 0) is 25.1 Å². The van der Waals surface area contributed by atoms with Gasteiger partial charge in [-0.2, -0.15) is 0 Å². The number of aromatic nitrogens is 3. The van der Waals surface area contributed by atoms with Crippen molar-refractivity contribution in [2.45, 2.75) is 13.1 Å². The summed E-state index contributed by atoms with van der Waals surface area (Å²) in [6.45, 7) is 2.13. The van der Waals surface area contributed by atoms with Gasteiger partial charge in [0, 0.05) is 29.2 Å². The maximum atomic E-state index is 6.08. The van der Waals surface area contributed by atoms with E-state index in [1.165, 1.54) is 16.6 Å². The zero-order valence-electron chi connectivity index (χ0n) is 14.1. The lowest BCUT2D eigenvalue weighted by Gasteiger charge is -2.24. The summed E-state index contributed by atoms with van der Waals surface area (Å²) in [6, 6.07) is 16.5. The van der Waals surface area contributed by atoms with Crippen LogP contribution in [0, 0.1) is 6.92 Å². The molecule has 6 heteroatoms. The summed E-state index contributed by atoms with van der Waals surface area (Å²) in [5, 5.41) is 4.29. The van der Waals surface area contributed by atoms with Gasteiger partial charge in [0.05, 0.1) is 11.0 Å². The summed E-state index contributed by atoms with van der Waals surface area (Å²) in [5.74, 6) is 1.12. The number of rotatable bonds is 1. The summed E-state index contributed by atoms with van der Waals surface area (Å²) in [4.78, 5) is 9.41. The van der Waals surface area contributed by atoms with Crippen LogP contribution < -0.4 is 11.1 Å². The fourth-order valence-electron chi connectivity index (χ4n) is 3.79. The number of para-hydroxylation sites is 3. The molecule has 0 spiro atoms. The Kier molecular flexibility index (Phi) is 2.74. The number of nitrogens with zero attached hydrogens (tertiary/aromatic N) is 4. The van der Waals surface area contributed by atoms with Crippen LogP contribution in [0.5, 0.6) is 0 Å². The lowest BCUT2D eigenvalue weighted by Crippen LogP contribution is -2.31. The predicted octanol–water partition coefficient (Wildman–Crippen LogP) is 3.12. The second-order valence-electron chi connectivity index (χ2n) is 6.38. The third-order valence-corrected chi connectivity index (χ3v) is 5.05. The summed E-state index contributed by atoms with van der Waals surface area (Å²) in [5.41, 5.74) is 11.6. The molecule has 0 fully saturated rings. The Labute approximate surface area is 144 Å². The first-order chi connectivity index (χ1) is 12.1. The highest BCUT2D eigenvalue weighted by Crippen LogP contribution is 2.38. The first-order valence-corrected chi connectivity index (χ1v) is 8.26. The van der Waals surface area contributed by atoms with Gasteiger partial charge >= 0.3 is 0 Å². The Morgan fingerprint density at radius 1 is 1.04 bits per heavy atom. The van der Waals surface area contributed by atoms with Crippen LogP contribution in [0.3, 0.4) is 0 Å². The minimum absolute atomic E-state index is 0.241. The number of nitrogens with one attached hydrogen (secondary N) is 1. The van der Waals surface area contributed by atoms with Crippen LogP contribution in [0.15, 0.2) is 53.5 Å². The van der Waals surface area contributed by atoms with E-state index in [2.05, 4.69) is 63.7 Å². The van der Waals surface area contributed by atoms with Gasteiger partial charge < -0.3 is 10.3 Å². The molecule has 1 unspecified atom stereocenters. The third-order valence-electron chi connectivity index (χ3n) is 5.05. The van der Waals surface area contributed by atoms with Gasteiger partial charge in [-0.1, -0.05) is 30.3 Å². The number of fused-ring (bicyclic) bond motifs is 4. The smallest absolute Gasteiger partial charge is 0.212 e. The summed E-state index contributed by atoms with van der Waals surface area (Å²) in [6.07, 6.45) is -0.241. The maximum Gasteiger partial charge on any atom is 0.212 e. The van der Waals surface area contributed by atoms with Crippen LogP contribution in [0.1, 0.15) is 17.4 Å². The largest absolute Gasteiger partial charge is 0.370 e. The number of aryl methyl sites for hydroxylation is 1. The summed E-state index contributed by atoms with van der Waals surface area (Å²) in [7, 11) is 2.09. The summed E-state index contributed by atoms with van der Waals surface area (Å²) < 4.78 is 4.33. The zero-order valence-corrected chi connectivity index (χ0v) is 14.1. The monoisotopic (exact) mass is 330 g/mol. The summed E-state index contributed by atoms with van der Waals surface area (Å²) >= 11 is 0. The number of guanidine groups is 1. The minimum Gasteiger partial charge on any atom is -0.370 e. The van der Waals surface area contributed by atoms with Crippen molar-refractivity contribution >= 4 is 33.8 Å². The molecular formula is C19H18N6. The van der Waals surface area contributed by atoms with Crippen molar-refractivity contribution in [2.75, 3.05) is 5.32 Å². The highest BCUT2D eigenvalue weighted by Gasteiger charge is 2.29. The van der Waals surface area contributed by atoms with Crippen LogP contribution in [0.4, 0.5) is 5.95 Å². The lowest BCUT2D eigenvalue weighted by molar-refractivity contribution is 0.623. The highest BCUT2D eigenvalue weighted by atomic mass is 15.4. The topological polar surface area (TPSA) is 73.2 Å². The van der Waals surface area contributed by atoms with E-state index in [1.54, 1.807) is 0 Å². The fourth-order valence-corrected chi connectivity index (χ4v) is 3.79. The molecule has 2 aromatic carbocycles. The number of benzene rings is 2. The van der Waals surface area contributed by atoms with Crippen LogP contribution >= 0.6 is 0 Å². The van der Waals surface area contributed by atoms with E-state index in [0.717, 1.165) is 22.5 Å². The van der Waals surface area contributed by atoms with Crippen molar-refractivity contribution in [1.82, 2.24) is 14.1 Å². The molecule has 25 heavy (non-hydrogen) atoms. The molecule has 1 aliphatic rings. The average molecular weight is 330 g/mol. The van der Waals surface area contributed by atoms with E-state index >= 15 is 0 Å². The second kappa shape index (κ2) is 4.86. The van der Waals surface area contributed by atoms with Crippen LogP contribution in [-0.2, 0) is 7.05 Å². The predicted molar refractivity (Wildman–Crippen MR) is 101 cm³/mol. The molecule has 3 heterocycles. The van der Waals surface area contributed by atoms with E-state index in [1.807, 2.05) is 18.2 Å². The van der Waals surface area contributed by atoms with Crippen molar-refractivity contribution in [3.63, 3.8) is 0 Å². The Hall–Kier alpha value is -3.28. The van der Waals surface area contributed by atoms with Crippen LogP contribution in [0.2, 0.25) is 0 Å². The van der Waals surface area contributed by atoms with Gasteiger partial charge in [-0.15, -0.1) is 0 Å². The Balaban J connectivity index is 1.87. The van der Waals surface area contributed by atoms with E-state index < -0.39 is 0 Å². The number of hydrogen-bond acceptors (Lipinski definition) is 4. The first-order valence-electron chi connectivity index (χ1n) is 8.26. The van der Waals surface area contributed by atoms with Crippen molar-refractivity contribution in [3.8, 4) is 0 Å². The number of imidazole rings is 1. The lowest BCUT2D eigenvalue weighted by atomic mass is 10.1. The van der Waals surface area contributed by atoms with Crippen molar-refractivity contribution in [2.24, 2.45) is 17.8 Å². The standard InChI is InChI=1S/C19H18N6/c1-11-16(12-7-3-5-9-14(12)24(11)2)17-22-18(20)23-19-21-13-8-4-6-10-15(13)25(17)19/h3-10,17H,1-2H3,(H3,20,21,22,23). The molecule has 0 aliphatic carbocycles. The molecule has 2 aromatic heterocycles. The molecule has 1 atom stereocenters. The highest BCUT2D eigenvalue weighted by molar-refractivity contribution is 5.96. The van der Waals surface area contributed by atoms with E-state index in [-0.39, 0.29) is 6.17 Å². The van der Waals surface area contributed by atoms with Gasteiger partial charge in [0.2, 0.25) is 5.95 Å². The molecule has 0 saturated heterocycles. The molecule has 1 aliphatic heterocycles. The molecule has 0 radical (unpaired) electrons. The SMILES string of the molecule is Cc1c(C2N=C(N)Nc3nc4ccccc4n32)c2ccccc2n1C. The van der Waals surface area contributed by atoms with E-state index in [0.29, 0.717) is 5.96 Å². The van der Waals surface area contributed by atoms with Crippen molar-refractivity contribution < 1.29 is 0 Å². The molecule has 3 N–H and O–H groups in total. The molecule has 5 rings (SSSR count). The average Bonchev–Trinajstić information content (AvgIpc) is 3.10. The van der Waals surface area contributed by atoms with Gasteiger partial charge in [-0.3, -0.25) is 9.88 Å². The fraction of sp³-hybridized carbons (Fsp3) is 0.158. The molecule has 6 nitrogen and oxygen atoms in total. The molecule has 0 amide bonds. The third kappa shape index (κ3) is 1.85. The number of hydrogen-bond donors (Lipinski definition) is 2. The zero-order chi connectivity index (χ0) is 17.1.